The predicted molar refractivity (Wildman–Crippen MR) is 92.7 cm³/mol. The predicted octanol–water partition coefficient (Wildman–Crippen LogP) is 3.26. The van der Waals surface area contributed by atoms with Crippen molar-refractivity contribution in [3.05, 3.63) is 65.5 Å². The van der Waals surface area contributed by atoms with Crippen LogP contribution in [0.4, 0.5) is 5.82 Å². The first-order chi connectivity index (χ1) is 11.6. The molecule has 0 radical (unpaired) electrons. The molecule has 120 valence electrons. The normalized spacial score (nSPS) is 16.6. The van der Waals surface area contributed by atoms with E-state index in [-0.39, 0.29) is 11.8 Å². The van der Waals surface area contributed by atoms with Crippen molar-refractivity contribution < 1.29 is 4.79 Å². The van der Waals surface area contributed by atoms with Gasteiger partial charge in [0.2, 0.25) is 5.91 Å². The minimum Gasteiger partial charge on any atom is -0.311 e. The Hall–Kier alpha value is -2.95. The maximum atomic E-state index is 12.2. The number of hydrogen-bond donors (Lipinski definition) is 1. The van der Waals surface area contributed by atoms with Gasteiger partial charge in [0.1, 0.15) is 5.82 Å². The third-order valence-corrected chi connectivity index (χ3v) is 4.46. The van der Waals surface area contributed by atoms with Gasteiger partial charge >= 0.3 is 0 Å². The van der Waals surface area contributed by atoms with Crippen molar-refractivity contribution in [2.45, 2.75) is 19.3 Å². The molecular weight excluding hydrogens is 300 g/mol. The number of hydrogen-bond acceptors (Lipinski definition) is 3. The van der Waals surface area contributed by atoms with Crippen LogP contribution < -0.4 is 5.32 Å². The Morgan fingerprint density at radius 2 is 1.96 bits per heavy atom. The smallest absolute Gasteiger partial charge is 0.226 e. The Kier molecular flexibility index (Phi) is 3.41. The molecule has 0 saturated heterocycles. The van der Waals surface area contributed by atoms with E-state index in [1.807, 2.05) is 56.6 Å². The second-order valence-electron chi connectivity index (χ2n) is 6.14. The summed E-state index contributed by atoms with van der Waals surface area (Å²) in [5.74, 6) is 0.747. The Bertz CT molecular complexity index is 897. The van der Waals surface area contributed by atoms with Crippen LogP contribution in [0.3, 0.4) is 0 Å². The molecule has 0 saturated carbocycles. The molecule has 0 aliphatic carbocycles. The second-order valence-corrected chi connectivity index (χ2v) is 6.14. The minimum absolute atomic E-state index is 0.00990. The number of fused-ring (bicyclic) bond motifs is 1. The number of aromatic nitrogens is 3. The maximum Gasteiger partial charge on any atom is 0.226 e. The van der Waals surface area contributed by atoms with Crippen LogP contribution in [0.25, 0.3) is 11.3 Å². The number of amides is 1. The highest BCUT2D eigenvalue weighted by Crippen LogP contribution is 2.42. The third-order valence-electron chi connectivity index (χ3n) is 4.46. The van der Waals surface area contributed by atoms with E-state index in [1.54, 1.807) is 4.68 Å². The summed E-state index contributed by atoms with van der Waals surface area (Å²) in [7, 11) is 1.86. The van der Waals surface area contributed by atoms with E-state index in [0.29, 0.717) is 6.42 Å². The molecule has 3 heterocycles. The molecule has 4 rings (SSSR count). The molecule has 5 heteroatoms. The number of nitrogens with zero attached hydrogens (tertiary/aromatic N) is 3. The maximum absolute atomic E-state index is 12.2. The molecule has 1 amide bonds. The summed E-state index contributed by atoms with van der Waals surface area (Å²) >= 11 is 0. The van der Waals surface area contributed by atoms with Gasteiger partial charge in [-0.3, -0.25) is 14.5 Å². The number of pyridine rings is 1. The number of nitrogens with one attached hydrogen (secondary N) is 1. The summed E-state index contributed by atoms with van der Waals surface area (Å²) in [4.78, 5) is 16.6. The Balaban J connectivity index is 1.91. The number of aryl methyl sites for hydroxylation is 2. The van der Waals surface area contributed by atoms with Crippen molar-refractivity contribution in [1.82, 2.24) is 14.8 Å². The van der Waals surface area contributed by atoms with Crippen molar-refractivity contribution in [2.75, 3.05) is 5.32 Å². The van der Waals surface area contributed by atoms with Gasteiger partial charge in [-0.2, -0.15) is 5.10 Å². The summed E-state index contributed by atoms with van der Waals surface area (Å²) < 4.78 is 1.75. The highest BCUT2D eigenvalue weighted by Gasteiger charge is 2.33. The number of anilines is 1. The van der Waals surface area contributed by atoms with Crippen LogP contribution >= 0.6 is 0 Å². The fourth-order valence-electron chi connectivity index (χ4n) is 3.27. The Labute approximate surface area is 140 Å². The van der Waals surface area contributed by atoms with E-state index in [1.165, 1.54) is 0 Å². The van der Waals surface area contributed by atoms with Gasteiger partial charge < -0.3 is 5.32 Å². The molecular formula is C19H18N4O. The Morgan fingerprint density at radius 1 is 1.17 bits per heavy atom. The van der Waals surface area contributed by atoms with Gasteiger partial charge in [-0.1, -0.05) is 36.4 Å². The van der Waals surface area contributed by atoms with Crippen LogP contribution in [0, 0.1) is 6.92 Å². The fourth-order valence-corrected chi connectivity index (χ4v) is 3.27. The number of rotatable bonds is 2. The largest absolute Gasteiger partial charge is 0.311 e. The van der Waals surface area contributed by atoms with Crippen molar-refractivity contribution >= 4 is 11.7 Å². The molecule has 24 heavy (non-hydrogen) atoms. The average molecular weight is 318 g/mol. The van der Waals surface area contributed by atoms with Crippen molar-refractivity contribution in [2.24, 2.45) is 7.05 Å². The van der Waals surface area contributed by atoms with E-state index in [2.05, 4.69) is 21.5 Å². The zero-order valence-electron chi connectivity index (χ0n) is 13.7. The molecule has 3 aromatic rings. The quantitative estimate of drug-likeness (QED) is 0.789. The highest BCUT2D eigenvalue weighted by atomic mass is 16.1. The van der Waals surface area contributed by atoms with Crippen LogP contribution in [0.2, 0.25) is 0 Å². The van der Waals surface area contributed by atoms with E-state index in [9.17, 15) is 4.79 Å². The second kappa shape index (κ2) is 5.60. The standard InChI is InChI=1S/C19H18N4O/c1-12-8-9-14(11-20-12)15-10-16(24)21-19-17(15)18(22-23(19)2)13-6-4-3-5-7-13/h3-9,11,15H,10H2,1-2H3,(H,21,24). The van der Waals surface area contributed by atoms with E-state index in [0.717, 1.165) is 33.9 Å². The number of carbonyl (C=O) groups is 1. The van der Waals surface area contributed by atoms with Gasteiger partial charge in [0, 0.05) is 42.4 Å². The lowest BCUT2D eigenvalue weighted by atomic mass is 9.85. The zero-order chi connectivity index (χ0) is 16.7. The molecule has 0 spiro atoms. The molecule has 1 aliphatic rings. The fraction of sp³-hybridized carbons (Fsp3) is 0.211. The molecule has 0 bridgehead atoms. The summed E-state index contributed by atoms with van der Waals surface area (Å²) in [6.07, 6.45) is 2.27. The van der Waals surface area contributed by atoms with Gasteiger partial charge in [-0.05, 0) is 18.6 Å². The molecule has 1 N–H and O–H groups in total. The van der Waals surface area contributed by atoms with Crippen LogP contribution in [0.1, 0.15) is 29.2 Å². The molecule has 2 aromatic heterocycles. The van der Waals surface area contributed by atoms with Crippen molar-refractivity contribution in [3.63, 3.8) is 0 Å². The number of carbonyl (C=O) groups excluding carboxylic acids is 1. The monoisotopic (exact) mass is 318 g/mol. The molecule has 1 atom stereocenters. The minimum atomic E-state index is -0.0363. The average Bonchev–Trinajstić information content (AvgIpc) is 2.93. The van der Waals surface area contributed by atoms with Crippen LogP contribution in [0.15, 0.2) is 48.7 Å². The lowest BCUT2D eigenvalue weighted by Gasteiger charge is -2.24. The van der Waals surface area contributed by atoms with Crippen LogP contribution in [0.5, 0.6) is 0 Å². The lowest BCUT2D eigenvalue weighted by Crippen LogP contribution is -2.24. The lowest BCUT2D eigenvalue weighted by molar-refractivity contribution is -0.116. The van der Waals surface area contributed by atoms with Gasteiger partial charge in [0.25, 0.3) is 0 Å². The first-order valence-electron chi connectivity index (χ1n) is 7.98. The first kappa shape index (κ1) is 14.6. The van der Waals surface area contributed by atoms with Gasteiger partial charge in [0.05, 0.1) is 5.69 Å². The van der Waals surface area contributed by atoms with E-state index in [4.69, 9.17) is 0 Å². The zero-order valence-corrected chi connectivity index (χ0v) is 13.7. The first-order valence-corrected chi connectivity index (χ1v) is 7.98. The molecule has 0 fully saturated rings. The topological polar surface area (TPSA) is 59.8 Å². The van der Waals surface area contributed by atoms with Crippen LogP contribution in [-0.4, -0.2) is 20.7 Å². The molecule has 1 aromatic carbocycles. The van der Waals surface area contributed by atoms with Crippen molar-refractivity contribution in [1.29, 1.82) is 0 Å². The molecule has 5 nitrogen and oxygen atoms in total. The third kappa shape index (κ3) is 2.38. The summed E-state index contributed by atoms with van der Waals surface area (Å²) in [6, 6.07) is 14.1. The SMILES string of the molecule is Cc1ccc(C2CC(=O)Nc3c2c(-c2ccccc2)nn3C)cn1. The van der Waals surface area contributed by atoms with Crippen molar-refractivity contribution in [3.8, 4) is 11.3 Å². The molecule has 1 unspecified atom stereocenters. The summed E-state index contributed by atoms with van der Waals surface area (Å²) in [5, 5.41) is 7.64. The van der Waals surface area contributed by atoms with E-state index < -0.39 is 0 Å². The van der Waals surface area contributed by atoms with Crippen LogP contribution in [-0.2, 0) is 11.8 Å². The summed E-state index contributed by atoms with van der Waals surface area (Å²) in [5.41, 5.74) is 5.04. The highest BCUT2D eigenvalue weighted by molar-refractivity contribution is 5.96. The molecule has 1 aliphatic heterocycles. The van der Waals surface area contributed by atoms with Gasteiger partial charge in [0.15, 0.2) is 0 Å². The van der Waals surface area contributed by atoms with Gasteiger partial charge in [-0.25, -0.2) is 0 Å². The number of benzene rings is 1. The van der Waals surface area contributed by atoms with E-state index >= 15 is 0 Å². The van der Waals surface area contributed by atoms with Gasteiger partial charge in [-0.15, -0.1) is 0 Å². The summed E-state index contributed by atoms with van der Waals surface area (Å²) in [6.45, 7) is 1.96. The Morgan fingerprint density at radius 3 is 2.67 bits per heavy atom.